The van der Waals surface area contributed by atoms with Crippen LogP contribution >= 0.6 is 0 Å². The Morgan fingerprint density at radius 1 is 1.38 bits per heavy atom. The van der Waals surface area contributed by atoms with Crippen LogP contribution in [0.4, 0.5) is 0 Å². The highest BCUT2D eigenvalue weighted by Crippen LogP contribution is 2.06. The van der Waals surface area contributed by atoms with Gasteiger partial charge in [-0.05, 0) is 18.3 Å². The number of carbonyl (C=O) groups excluding carboxylic acids is 1. The third-order valence-electron chi connectivity index (χ3n) is 2.27. The Bertz CT molecular complexity index is 614. The molecule has 80 valence electrons. The van der Waals surface area contributed by atoms with Crippen molar-refractivity contribution >= 4 is 16.8 Å². The highest BCUT2D eigenvalue weighted by atomic mass is 16.2. The van der Waals surface area contributed by atoms with Crippen LogP contribution in [0.15, 0.2) is 48.0 Å². The number of aromatic nitrogens is 1. The lowest BCUT2D eigenvalue weighted by Crippen LogP contribution is -2.24. The van der Waals surface area contributed by atoms with E-state index in [0.29, 0.717) is 10.9 Å². The third kappa shape index (κ3) is 1.61. The number of fused-ring (bicyclic) bond motifs is 1. The molecule has 0 atom stereocenters. The minimum Gasteiger partial charge on any atom is -0.360 e. The summed E-state index contributed by atoms with van der Waals surface area (Å²) in [6.45, 7) is 3.37. The van der Waals surface area contributed by atoms with Gasteiger partial charge in [-0.3, -0.25) is 9.59 Å². The second kappa shape index (κ2) is 4.02. The number of pyridine rings is 1. The molecule has 1 aromatic heterocycles. The second-order valence-corrected chi connectivity index (χ2v) is 3.25. The highest BCUT2D eigenvalue weighted by molar-refractivity contribution is 5.97. The first-order valence-electron chi connectivity index (χ1n) is 4.76. The van der Waals surface area contributed by atoms with Crippen LogP contribution in [-0.2, 0) is 0 Å². The fraction of sp³-hybridized carbons (Fsp3) is 0. The molecule has 0 unspecified atom stereocenters. The summed E-state index contributed by atoms with van der Waals surface area (Å²) in [5.74, 6) is -0.456. The molecule has 0 aliphatic heterocycles. The molecule has 2 N–H and O–H groups in total. The Kier molecular flexibility index (Phi) is 2.55. The molecule has 1 amide bonds. The summed E-state index contributed by atoms with van der Waals surface area (Å²) in [5.41, 5.74) is 0.509. The number of hydrogen-bond acceptors (Lipinski definition) is 2. The minimum absolute atomic E-state index is 0.0820. The first-order valence-corrected chi connectivity index (χ1v) is 4.76. The number of hydrogen-bond donors (Lipinski definition) is 2. The molecule has 0 fully saturated rings. The number of para-hydroxylation sites is 1. The van der Waals surface area contributed by atoms with Gasteiger partial charge in [0.1, 0.15) is 5.56 Å². The number of aromatic amines is 1. The van der Waals surface area contributed by atoms with Crippen LogP contribution in [-0.4, -0.2) is 10.9 Å². The Balaban J connectivity index is 2.65. The average molecular weight is 214 g/mol. The van der Waals surface area contributed by atoms with Crippen molar-refractivity contribution < 1.29 is 4.79 Å². The molecule has 0 spiro atoms. The van der Waals surface area contributed by atoms with Gasteiger partial charge < -0.3 is 10.3 Å². The third-order valence-corrected chi connectivity index (χ3v) is 2.27. The molecule has 4 nitrogen and oxygen atoms in total. The van der Waals surface area contributed by atoms with Gasteiger partial charge in [0.15, 0.2) is 0 Å². The average Bonchev–Trinajstić information content (AvgIpc) is 2.30. The fourth-order valence-corrected chi connectivity index (χ4v) is 1.51. The Morgan fingerprint density at radius 2 is 2.12 bits per heavy atom. The number of H-pyrrole nitrogens is 1. The summed E-state index contributed by atoms with van der Waals surface area (Å²) < 4.78 is 0. The quantitative estimate of drug-likeness (QED) is 0.793. The maximum atomic E-state index is 11.9. The van der Waals surface area contributed by atoms with Crippen LogP contribution < -0.4 is 10.7 Å². The van der Waals surface area contributed by atoms with Gasteiger partial charge in [-0.2, -0.15) is 0 Å². The topological polar surface area (TPSA) is 62.0 Å². The van der Waals surface area contributed by atoms with Crippen LogP contribution in [0.2, 0.25) is 0 Å². The molecule has 0 saturated carbocycles. The van der Waals surface area contributed by atoms with Gasteiger partial charge in [0, 0.05) is 17.1 Å². The summed E-state index contributed by atoms with van der Waals surface area (Å²) >= 11 is 0. The molecule has 0 bridgehead atoms. The maximum absolute atomic E-state index is 11.9. The highest BCUT2D eigenvalue weighted by Gasteiger charge is 2.10. The zero-order valence-electron chi connectivity index (χ0n) is 8.49. The van der Waals surface area contributed by atoms with E-state index in [0.717, 1.165) is 0 Å². The van der Waals surface area contributed by atoms with Crippen LogP contribution in [0.1, 0.15) is 10.4 Å². The summed E-state index contributed by atoms with van der Waals surface area (Å²) in [6.07, 6.45) is 2.65. The first kappa shape index (κ1) is 10.2. The predicted molar refractivity (Wildman–Crippen MR) is 62.2 cm³/mol. The summed E-state index contributed by atoms with van der Waals surface area (Å²) in [6, 6.07) is 7.04. The van der Waals surface area contributed by atoms with E-state index in [1.165, 1.54) is 12.4 Å². The predicted octanol–water partition coefficient (Wildman–Crippen LogP) is 1.40. The lowest BCUT2D eigenvalue weighted by atomic mass is 10.1. The van der Waals surface area contributed by atoms with E-state index in [9.17, 15) is 9.59 Å². The first-order chi connectivity index (χ1) is 7.74. The molecule has 0 aliphatic rings. The van der Waals surface area contributed by atoms with Gasteiger partial charge in [0.25, 0.3) is 5.91 Å². The summed E-state index contributed by atoms with van der Waals surface area (Å²) in [4.78, 5) is 26.3. The van der Waals surface area contributed by atoms with E-state index in [1.54, 1.807) is 18.2 Å². The van der Waals surface area contributed by atoms with Gasteiger partial charge >= 0.3 is 0 Å². The van der Waals surface area contributed by atoms with E-state index in [4.69, 9.17) is 0 Å². The number of amides is 1. The van der Waals surface area contributed by atoms with Gasteiger partial charge in [-0.25, -0.2) is 0 Å². The van der Waals surface area contributed by atoms with Crippen molar-refractivity contribution in [2.24, 2.45) is 0 Å². The number of benzene rings is 1. The van der Waals surface area contributed by atoms with Crippen LogP contribution in [0.3, 0.4) is 0 Å². The Labute approximate surface area is 91.6 Å². The molecular formula is C12H10N2O2. The molecule has 16 heavy (non-hydrogen) atoms. The van der Waals surface area contributed by atoms with Crippen LogP contribution in [0.25, 0.3) is 10.9 Å². The lowest BCUT2D eigenvalue weighted by Gasteiger charge is -2.01. The van der Waals surface area contributed by atoms with Crippen LogP contribution in [0.5, 0.6) is 0 Å². The molecule has 0 aliphatic carbocycles. The largest absolute Gasteiger partial charge is 0.360 e. The second-order valence-electron chi connectivity index (χ2n) is 3.25. The maximum Gasteiger partial charge on any atom is 0.260 e. The van der Waals surface area contributed by atoms with E-state index < -0.39 is 5.91 Å². The normalized spacial score (nSPS) is 10.0. The van der Waals surface area contributed by atoms with Crippen molar-refractivity contribution in [1.82, 2.24) is 10.3 Å². The fourth-order valence-electron chi connectivity index (χ4n) is 1.51. The lowest BCUT2D eigenvalue weighted by molar-refractivity contribution is 0.0969. The van der Waals surface area contributed by atoms with Crippen molar-refractivity contribution in [1.29, 1.82) is 0 Å². The van der Waals surface area contributed by atoms with Gasteiger partial charge in [-0.1, -0.05) is 18.7 Å². The summed E-state index contributed by atoms with van der Waals surface area (Å²) in [7, 11) is 0. The molecule has 1 aromatic carbocycles. The molecule has 0 radical (unpaired) electrons. The van der Waals surface area contributed by atoms with Gasteiger partial charge in [-0.15, -0.1) is 0 Å². The molecule has 1 heterocycles. The SMILES string of the molecule is C=CNC(=O)c1c[nH]c2ccccc2c1=O. The summed E-state index contributed by atoms with van der Waals surface area (Å²) in [5, 5.41) is 2.87. The molecule has 2 rings (SSSR count). The van der Waals surface area contributed by atoms with E-state index in [1.807, 2.05) is 6.07 Å². The van der Waals surface area contributed by atoms with Crippen molar-refractivity contribution in [2.75, 3.05) is 0 Å². The Hall–Kier alpha value is -2.36. The minimum atomic E-state index is -0.456. The monoisotopic (exact) mass is 214 g/mol. The van der Waals surface area contributed by atoms with Crippen molar-refractivity contribution in [3.8, 4) is 0 Å². The van der Waals surface area contributed by atoms with E-state index in [-0.39, 0.29) is 11.0 Å². The van der Waals surface area contributed by atoms with E-state index >= 15 is 0 Å². The number of nitrogens with one attached hydrogen (secondary N) is 2. The smallest absolute Gasteiger partial charge is 0.260 e. The zero-order chi connectivity index (χ0) is 11.5. The standard InChI is InChI=1S/C12H10N2O2/c1-2-13-12(16)9-7-14-10-6-4-3-5-8(10)11(9)15/h2-7H,1H2,(H,13,16)(H,14,15). The molecular weight excluding hydrogens is 204 g/mol. The zero-order valence-corrected chi connectivity index (χ0v) is 8.49. The Morgan fingerprint density at radius 3 is 2.88 bits per heavy atom. The van der Waals surface area contributed by atoms with Crippen molar-refractivity contribution in [3.05, 3.63) is 59.0 Å². The van der Waals surface area contributed by atoms with Crippen molar-refractivity contribution in [2.45, 2.75) is 0 Å². The van der Waals surface area contributed by atoms with Gasteiger partial charge in [0.2, 0.25) is 5.43 Å². The number of carbonyl (C=O) groups is 1. The van der Waals surface area contributed by atoms with Crippen molar-refractivity contribution in [3.63, 3.8) is 0 Å². The van der Waals surface area contributed by atoms with Crippen LogP contribution in [0, 0.1) is 0 Å². The number of rotatable bonds is 2. The molecule has 4 heteroatoms. The molecule has 0 saturated heterocycles. The van der Waals surface area contributed by atoms with Gasteiger partial charge in [0.05, 0.1) is 0 Å². The van der Waals surface area contributed by atoms with E-state index in [2.05, 4.69) is 16.9 Å². The molecule has 2 aromatic rings.